The van der Waals surface area contributed by atoms with Crippen LogP contribution in [0.25, 0.3) is 10.9 Å². The summed E-state index contributed by atoms with van der Waals surface area (Å²) in [6, 6.07) is 9.38. The van der Waals surface area contributed by atoms with Crippen molar-refractivity contribution in [2.75, 3.05) is 6.61 Å². The quantitative estimate of drug-likeness (QED) is 0.788. The Morgan fingerprint density at radius 3 is 2.62 bits per heavy atom. The highest BCUT2D eigenvalue weighted by molar-refractivity contribution is 5.79. The minimum Gasteiger partial charge on any atom is -0.345 e. The number of hydrogen-bond acceptors (Lipinski definition) is 1. The van der Waals surface area contributed by atoms with Crippen LogP contribution in [0, 0.1) is 0 Å². The zero-order valence-corrected chi connectivity index (χ0v) is 8.37. The number of para-hydroxylation sites is 1. The highest BCUT2D eigenvalue weighted by Crippen LogP contribution is 2.18. The largest absolute Gasteiger partial charge is 0.522 e. The molecular weight excluding hydrogens is 219 g/mol. The molecule has 0 N–H and O–H groups in total. The second-order valence-electron chi connectivity index (χ2n) is 3.36. The molecule has 0 spiro atoms. The lowest BCUT2D eigenvalue weighted by molar-refractivity contribution is -0.325. The standard InChI is InChI=1S/C11H10F3NO/c12-11(13,14)16-8-7-15-6-5-9-3-1-2-4-10(9)15/h1-6H,7-8H2. The van der Waals surface area contributed by atoms with Crippen molar-refractivity contribution < 1.29 is 17.9 Å². The molecule has 0 saturated heterocycles. The molecule has 16 heavy (non-hydrogen) atoms. The number of alkyl halides is 3. The number of nitrogens with zero attached hydrogens (tertiary/aromatic N) is 1. The maximum absolute atomic E-state index is 11.8. The zero-order valence-electron chi connectivity index (χ0n) is 8.37. The molecule has 0 aliphatic rings. The Morgan fingerprint density at radius 2 is 1.88 bits per heavy atom. The van der Waals surface area contributed by atoms with Crippen molar-refractivity contribution >= 4 is 10.9 Å². The second-order valence-corrected chi connectivity index (χ2v) is 3.36. The molecule has 0 radical (unpaired) electrons. The van der Waals surface area contributed by atoms with Crippen LogP contribution < -0.4 is 0 Å². The predicted octanol–water partition coefficient (Wildman–Crippen LogP) is 3.18. The van der Waals surface area contributed by atoms with Gasteiger partial charge < -0.3 is 4.57 Å². The van der Waals surface area contributed by atoms with Crippen LogP contribution in [-0.4, -0.2) is 17.5 Å². The Bertz CT molecular complexity index is 475. The Labute approximate surface area is 90.2 Å². The van der Waals surface area contributed by atoms with E-state index in [0.717, 1.165) is 10.9 Å². The van der Waals surface area contributed by atoms with Gasteiger partial charge in [-0.3, -0.25) is 4.74 Å². The van der Waals surface area contributed by atoms with Gasteiger partial charge in [-0.1, -0.05) is 18.2 Å². The highest BCUT2D eigenvalue weighted by atomic mass is 19.4. The first kappa shape index (κ1) is 11.0. The summed E-state index contributed by atoms with van der Waals surface area (Å²) in [7, 11) is 0. The number of halogens is 3. The summed E-state index contributed by atoms with van der Waals surface area (Å²) in [6.45, 7) is -0.185. The van der Waals surface area contributed by atoms with E-state index in [4.69, 9.17) is 0 Å². The molecular formula is C11H10F3NO. The molecule has 2 aromatic rings. The molecule has 0 unspecified atom stereocenters. The maximum atomic E-state index is 11.8. The van der Waals surface area contributed by atoms with E-state index in [-0.39, 0.29) is 13.2 Å². The number of fused-ring (bicyclic) bond motifs is 1. The van der Waals surface area contributed by atoms with Crippen molar-refractivity contribution in [3.05, 3.63) is 36.5 Å². The zero-order chi connectivity index (χ0) is 11.6. The molecule has 0 aliphatic heterocycles. The number of hydrogen-bond donors (Lipinski definition) is 0. The smallest absolute Gasteiger partial charge is 0.345 e. The maximum Gasteiger partial charge on any atom is 0.522 e. The van der Waals surface area contributed by atoms with Crippen LogP contribution in [0.15, 0.2) is 36.5 Å². The lowest BCUT2D eigenvalue weighted by atomic mass is 10.2. The fourth-order valence-corrected chi connectivity index (χ4v) is 1.60. The Balaban J connectivity index is 2.05. The Morgan fingerprint density at radius 1 is 1.12 bits per heavy atom. The molecule has 2 nitrogen and oxygen atoms in total. The summed E-state index contributed by atoms with van der Waals surface area (Å²) in [5.41, 5.74) is 0.910. The minimum atomic E-state index is -4.55. The van der Waals surface area contributed by atoms with Crippen molar-refractivity contribution in [1.29, 1.82) is 0 Å². The fraction of sp³-hybridized carbons (Fsp3) is 0.273. The molecule has 1 aromatic carbocycles. The molecule has 0 amide bonds. The first-order valence-electron chi connectivity index (χ1n) is 4.81. The van der Waals surface area contributed by atoms with Gasteiger partial charge in [0.2, 0.25) is 0 Å². The van der Waals surface area contributed by atoms with Crippen molar-refractivity contribution in [2.24, 2.45) is 0 Å². The molecule has 0 saturated carbocycles. The molecule has 1 heterocycles. The lowest BCUT2D eigenvalue weighted by Gasteiger charge is -2.08. The van der Waals surface area contributed by atoms with Gasteiger partial charge in [0.05, 0.1) is 6.61 Å². The van der Waals surface area contributed by atoms with E-state index in [2.05, 4.69) is 4.74 Å². The number of rotatable bonds is 3. The third-order valence-corrected chi connectivity index (χ3v) is 2.28. The average Bonchev–Trinajstić information content (AvgIpc) is 2.60. The van der Waals surface area contributed by atoms with Crippen LogP contribution in [0.3, 0.4) is 0 Å². The summed E-state index contributed by atoms with van der Waals surface area (Å²) in [4.78, 5) is 0. The summed E-state index contributed by atoms with van der Waals surface area (Å²) in [6.07, 6.45) is -2.80. The SMILES string of the molecule is FC(F)(F)OCCn1ccc2ccccc21. The third kappa shape index (κ3) is 2.55. The van der Waals surface area contributed by atoms with E-state index in [9.17, 15) is 13.2 Å². The molecule has 0 bridgehead atoms. The van der Waals surface area contributed by atoms with Crippen LogP contribution in [0.5, 0.6) is 0 Å². The molecule has 0 fully saturated rings. The summed E-state index contributed by atoms with van der Waals surface area (Å²) < 4.78 is 40.8. The normalized spacial score (nSPS) is 12.2. The summed E-state index contributed by atoms with van der Waals surface area (Å²) >= 11 is 0. The van der Waals surface area contributed by atoms with Gasteiger partial charge in [0.25, 0.3) is 0 Å². The Kier molecular flexibility index (Phi) is 2.87. The Hall–Kier alpha value is -1.49. The van der Waals surface area contributed by atoms with Gasteiger partial charge in [-0.05, 0) is 17.5 Å². The topological polar surface area (TPSA) is 14.2 Å². The van der Waals surface area contributed by atoms with Gasteiger partial charge in [0.1, 0.15) is 0 Å². The van der Waals surface area contributed by atoms with E-state index in [1.807, 2.05) is 30.3 Å². The monoisotopic (exact) mass is 229 g/mol. The van der Waals surface area contributed by atoms with Gasteiger partial charge >= 0.3 is 6.36 Å². The summed E-state index contributed by atoms with van der Waals surface area (Å²) in [5, 5.41) is 1.01. The van der Waals surface area contributed by atoms with Crippen molar-refractivity contribution in [3.8, 4) is 0 Å². The highest BCUT2D eigenvalue weighted by Gasteiger charge is 2.28. The molecule has 0 aliphatic carbocycles. The van der Waals surface area contributed by atoms with Crippen molar-refractivity contribution in [3.63, 3.8) is 0 Å². The molecule has 1 aromatic heterocycles. The third-order valence-electron chi connectivity index (χ3n) is 2.28. The van der Waals surface area contributed by atoms with Crippen LogP contribution in [0.1, 0.15) is 0 Å². The molecule has 86 valence electrons. The van der Waals surface area contributed by atoms with E-state index in [1.165, 1.54) is 0 Å². The minimum absolute atomic E-state index is 0.188. The number of ether oxygens (including phenoxy) is 1. The van der Waals surface area contributed by atoms with E-state index in [0.29, 0.717) is 0 Å². The number of aromatic nitrogens is 1. The average molecular weight is 229 g/mol. The molecule has 5 heteroatoms. The van der Waals surface area contributed by atoms with E-state index < -0.39 is 6.36 Å². The van der Waals surface area contributed by atoms with Crippen LogP contribution >= 0.6 is 0 Å². The van der Waals surface area contributed by atoms with Crippen molar-refractivity contribution in [1.82, 2.24) is 4.57 Å². The van der Waals surface area contributed by atoms with Gasteiger partial charge in [-0.15, -0.1) is 13.2 Å². The first-order chi connectivity index (χ1) is 7.56. The van der Waals surface area contributed by atoms with Crippen molar-refractivity contribution in [2.45, 2.75) is 12.9 Å². The van der Waals surface area contributed by atoms with Gasteiger partial charge in [0.15, 0.2) is 0 Å². The van der Waals surface area contributed by atoms with Gasteiger partial charge in [-0.2, -0.15) is 0 Å². The van der Waals surface area contributed by atoms with E-state index in [1.54, 1.807) is 10.8 Å². The number of benzene rings is 1. The van der Waals surface area contributed by atoms with Crippen LogP contribution in [0.4, 0.5) is 13.2 Å². The lowest BCUT2D eigenvalue weighted by Crippen LogP contribution is -2.17. The molecule has 2 rings (SSSR count). The van der Waals surface area contributed by atoms with Crippen LogP contribution in [-0.2, 0) is 11.3 Å². The second kappa shape index (κ2) is 4.17. The fourth-order valence-electron chi connectivity index (χ4n) is 1.60. The molecule has 0 atom stereocenters. The van der Waals surface area contributed by atoms with E-state index >= 15 is 0 Å². The summed E-state index contributed by atoms with van der Waals surface area (Å²) in [5.74, 6) is 0. The van der Waals surface area contributed by atoms with Crippen LogP contribution in [0.2, 0.25) is 0 Å². The first-order valence-corrected chi connectivity index (χ1v) is 4.81. The van der Waals surface area contributed by atoms with Gasteiger partial charge in [0, 0.05) is 18.3 Å². The van der Waals surface area contributed by atoms with Gasteiger partial charge in [-0.25, -0.2) is 0 Å². The predicted molar refractivity (Wildman–Crippen MR) is 53.9 cm³/mol.